The maximum atomic E-state index is 5.70. The molecular weight excluding hydrogens is 332 g/mol. The van der Waals surface area contributed by atoms with Gasteiger partial charge in [0.15, 0.2) is 17.3 Å². The summed E-state index contributed by atoms with van der Waals surface area (Å²) in [6.07, 6.45) is 2.27. The van der Waals surface area contributed by atoms with Crippen molar-refractivity contribution in [3.05, 3.63) is 35.5 Å². The number of fused-ring (bicyclic) bond motifs is 1. The van der Waals surface area contributed by atoms with Crippen LogP contribution in [0.25, 0.3) is 0 Å². The van der Waals surface area contributed by atoms with Crippen LogP contribution in [0.3, 0.4) is 0 Å². The molecule has 1 aromatic heterocycles. The van der Waals surface area contributed by atoms with Crippen LogP contribution >= 0.6 is 12.4 Å². The van der Waals surface area contributed by atoms with Gasteiger partial charge < -0.3 is 19.7 Å². The second-order valence-corrected chi connectivity index (χ2v) is 5.84. The van der Waals surface area contributed by atoms with Gasteiger partial charge >= 0.3 is 0 Å². The number of likely N-dealkylation sites (tertiary alicyclic amines) is 1. The van der Waals surface area contributed by atoms with Crippen LogP contribution in [0.2, 0.25) is 0 Å². The highest BCUT2D eigenvalue weighted by molar-refractivity contribution is 5.85. The summed E-state index contributed by atoms with van der Waals surface area (Å²) in [6, 6.07) is 6.56. The molecule has 1 saturated heterocycles. The highest BCUT2D eigenvalue weighted by Gasteiger charge is 2.28. The predicted octanol–water partition coefficient (Wildman–Crippen LogP) is 2.06. The molecule has 2 aliphatic rings. The molecule has 8 heteroatoms. The monoisotopic (exact) mass is 352 g/mol. The Bertz CT molecular complexity index is 694. The Morgan fingerprint density at radius 3 is 2.83 bits per heavy atom. The van der Waals surface area contributed by atoms with Gasteiger partial charge in [0, 0.05) is 6.04 Å². The molecule has 0 radical (unpaired) electrons. The fourth-order valence-corrected chi connectivity index (χ4v) is 3.28. The van der Waals surface area contributed by atoms with Crippen molar-refractivity contribution in [2.75, 3.05) is 19.8 Å². The maximum absolute atomic E-state index is 5.70. The van der Waals surface area contributed by atoms with E-state index >= 15 is 0 Å². The molecule has 1 unspecified atom stereocenters. The third-order valence-corrected chi connectivity index (χ3v) is 4.34. The molecule has 0 saturated carbocycles. The minimum Gasteiger partial charge on any atom is -0.486 e. The van der Waals surface area contributed by atoms with Crippen LogP contribution in [0.15, 0.2) is 22.7 Å². The lowest BCUT2D eigenvalue weighted by atomic mass is 10.0. The van der Waals surface area contributed by atoms with Crippen LogP contribution in [0.4, 0.5) is 0 Å². The average molecular weight is 353 g/mol. The van der Waals surface area contributed by atoms with Crippen molar-refractivity contribution in [1.29, 1.82) is 0 Å². The van der Waals surface area contributed by atoms with Crippen LogP contribution in [-0.2, 0) is 13.1 Å². The molecule has 7 nitrogen and oxygen atoms in total. The van der Waals surface area contributed by atoms with Crippen molar-refractivity contribution in [2.45, 2.75) is 32.0 Å². The van der Waals surface area contributed by atoms with Gasteiger partial charge in [-0.1, -0.05) is 11.2 Å². The highest BCUT2D eigenvalue weighted by Crippen LogP contribution is 2.38. The minimum atomic E-state index is 0. The summed E-state index contributed by atoms with van der Waals surface area (Å²) in [5, 5.41) is 4.00. The van der Waals surface area contributed by atoms with Crippen molar-refractivity contribution in [3.63, 3.8) is 0 Å². The molecule has 3 heterocycles. The van der Waals surface area contributed by atoms with Gasteiger partial charge in [-0.3, -0.25) is 4.90 Å². The van der Waals surface area contributed by atoms with E-state index in [1.807, 2.05) is 6.07 Å². The molecule has 130 valence electrons. The molecular formula is C16H21ClN4O3. The van der Waals surface area contributed by atoms with E-state index in [0.29, 0.717) is 37.5 Å². The van der Waals surface area contributed by atoms with Gasteiger partial charge in [0.25, 0.3) is 0 Å². The third kappa shape index (κ3) is 3.33. The lowest BCUT2D eigenvalue weighted by Crippen LogP contribution is -2.24. The highest BCUT2D eigenvalue weighted by atomic mass is 35.5. The Morgan fingerprint density at radius 2 is 2.04 bits per heavy atom. The standard InChI is InChI=1S/C16H20N4O3.ClH/c17-9-16-18-15(19-23-16)10-20-5-1-2-12(20)11-3-4-13-14(8-11)22-7-6-21-13;/h3-4,8,12H,1-2,5-7,9-10,17H2;1H. The van der Waals surface area contributed by atoms with Gasteiger partial charge in [0.2, 0.25) is 5.89 Å². The largest absolute Gasteiger partial charge is 0.486 e. The zero-order chi connectivity index (χ0) is 15.6. The van der Waals surface area contributed by atoms with Gasteiger partial charge in [-0.15, -0.1) is 12.4 Å². The van der Waals surface area contributed by atoms with Crippen molar-refractivity contribution < 1.29 is 14.0 Å². The molecule has 0 bridgehead atoms. The Morgan fingerprint density at radius 1 is 1.21 bits per heavy atom. The Labute approximate surface area is 146 Å². The van der Waals surface area contributed by atoms with Crippen LogP contribution in [-0.4, -0.2) is 34.8 Å². The normalized spacial score (nSPS) is 20.0. The van der Waals surface area contributed by atoms with Gasteiger partial charge in [-0.05, 0) is 37.1 Å². The van der Waals surface area contributed by atoms with E-state index in [1.165, 1.54) is 5.56 Å². The molecule has 0 amide bonds. The Balaban J connectivity index is 0.00000169. The van der Waals surface area contributed by atoms with Gasteiger partial charge in [0.1, 0.15) is 13.2 Å². The first-order valence-corrected chi connectivity index (χ1v) is 7.98. The second-order valence-electron chi connectivity index (χ2n) is 5.84. The van der Waals surface area contributed by atoms with E-state index in [1.54, 1.807) is 0 Å². The SMILES string of the molecule is Cl.NCc1nc(CN2CCCC2c2ccc3c(c2)OCCO3)no1. The molecule has 0 spiro atoms. The predicted molar refractivity (Wildman–Crippen MR) is 89.3 cm³/mol. The number of benzene rings is 1. The molecule has 24 heavy (non-hydrogen) atoms. The van der Waals surface area contributed by atoms with E-state index < -0.39 is 0 Å². The van der Waals surface area contributed by atoms with Gasteiger partial charge in [0.05, 0.1) is 13.1 Å². The smallest absolute Gasteiger partial charge is 0.240 e. The quantitative estimate of drug-likeness (QED) is 0.901. The summed E-state index contributed by atoms with van der Waals surface area (Å²) in [7, 11) is 0. The first-order valence-electron chi connectivity index (χ1n) is 7.98. The number of hydrogen-bond acceptors (Lipinski definition) is 7. The number of halogens is 1. The molecule has 1 atom stereocenters. The summed E-state index contributed by atoms with van der Waals surface area (Å²) < 4.78 is 16.4. The number of rotatable bonds is 4. The van der Waals surface area contributed by atoms with Crippen molar-refractivity contribution >= 4 is 12.4 Å². The molecule has 2 aliphatic heterocycles. The molecule has 0 aliphatic carbocycles. The zero-order valence-corrected chi connectivity index (χ0v) is 14.1. The van der Waals surface area contributed by atoms with Crippen molar-refractivity contribution in [2.24, 2.45) is 5.73 Å². The second kappa shape index (κ2) is 7.38. The Kier molecular flexibility index (Phi) is 5.23. The van der Waals surface area contributed by atoms with Crippen LogP contribution in [0.1, 0.15) is 36.2 Å². The number of hydrogen-bond donors (Lipinski definition) is 1. The molecule has 4 rings (SSSR count). The van der Waals surface area contributed by atoms with Gasteiger partial charge in [-0.25, -0.2) is 0 Å². The number of ether oxygens (including phenoxy) is 2. The first kappa shape index (κ1) is 17.0. The topological polar surface area (TPSA) is 86.6 Å². The molecule has 1 aromatic carbocycles. The number of nitrogens with zero attached hydrogens (tertiary/aromatic N) is 3. The lowest BCUT2D eigenvalue weighted by Gasteiger charge is -2.25. The zero-order valence-electron chi connectivity index (χ0n) is 13.3. The van der Waals surface area contributed by atoms with E-state index in [0.717, 1.165) is 30.9 Å². The summed E-state index contributed by atoms with van der Waals surface area (Å²) in [4.78, 5) is 6.67. The fourth-order valence-electron chi connectivity index (χ4n) is 3.28. The van der Waals surface area contributed by atoms with Crippen molar-refractivity contribution in [3.8, 4) is 11.5 Å². The van der Waals surface area contributed by atoms with Crippen molar-refractivity contribution in [1.82, 2.24) is 15.0 Å². The Hall–Kier alpha value is -1.83. The minimum absolute atomic E-state index is 0. The summed E-state index contributed by atoms with van der Waals surface area (Å²) in [5.74, 6) is 2.84. The lowest BCUT2D eigenvalue weighted by molar-refractivity contribution is 0.170. The van der Waals surface area contributed by atoms with Crippen LogP contribution in [0.5, 0.6) is 11.5 Å². The van der Waals surface area contributed by atoms with E-state index in [9.17, 15) is 0 Å². The number of aromatic nitrogens is 2. The van der Waals surface area contributed by atoms with E-state index in [-0.39, 0.29) is 19.0 Å². The maximum Gasteiger partial charge on any atom is 0.240 e. The van der Waals surface area contributed by atoms with E-state index in [4.69, 9.17) is 19.7 Å². The molecule has 2 N–H and O–H groups in total. The molecule has 2 aromatic rings. The first-order chi connectivity index (χ1) is 11.3. The van der Waals surface area contributed by atoms with Gasteiger partial charge in [-0.2, -0.15) is 4.98 Å². The average Bonchev–Trinajstić information content (AvgIpc) is 3.24. The summed E-state index contributed by atoms with van der Waals surface area (Å²) in [6.45, 7) is 3.19. The van der Waals surface area contributed by atoms with E-state index in [2.05, 4.69) is 27.2 Å². The fraction of sp³-hybridized carbons (Fsp3) is 0.500. The van der Waals surface area contributed by atoms with Crippen LogP contribution in [0, 0.1) is 0 Å². The number of nitrogens with two attached hydrogens (primary N) is 1. The third-order valence-electron chi connectivity index (χ3n) is 4.34. The van der Waals surface area contributed by atoms with Crippen LogP contribution < -0.4 is 15.2 Å². The summed E-state index contributed by atoms with van der Waals surface area (Å²) in [5.41, 5.74) is 6.76. The molecule has 1 fully saturated rings. The summed E-state index contributed by atoms with van der Waals surface area (Å²) >= 11 is 0.